The fourth-order valence-corrected chi connectivity index (χ4v) is 16.9. The maximum absolute atomic E-state index is 4.98. The molecule has 114 heavy (non-hydrogen) atoms. The van der Waals surface area contributed by atoms with Crippen LogP contribution in [0.15, 0.2) is 408 Å². The van der Waals surface area contributed by atoms with E-state index in [-0.39, 0.29) is 0 Å². The molecule has 0 bridgehead atoms. The minimum Gasteiger partial charge on any atom is -0.309 e. The predicted octanol–water partition coefficient (Wildman–Crippen LogP) is 27.4. The van der Waals surface area contributed by atoms with E-state index in [1.54, 1.807) is 0 Å². The van der Waals surface area contributed by atoms with Crippen LogP contribution in [-0.2, 0) is 0 Å². The third-order valence-electron chi connectivity index (χ3n) is 20.5. The molecule has 15 aromatic carbocycles. The topological polar surface area (TPSA) is 105 Å². The summed E-state index contributed by atoms with van der Waals surface area (Å²) in [6.45, 7) is 0. The van der Waals surface area contributed by atoms with Gasteiger partial charge in [-0.25, -0.2) is 34.9 Å². The molecular weight excluding hydrogens is 1590 g/mol. The van der Waals surface area contributed by atoms with Gasteiger partial charge in [-0.2, -0.15) is 0 Å². The second kappa shape index (κ2) is 31.2. The molecule has 0 radical (unpaired) electrons. The molecule has 0 N–H and O–H groups in total. The Labute approximate surface area is 683 Å². The molecule has 6 heterocycles. The van der Waals surface area contributed by atoms with E-state index in [1.807, 2.05) is 133 Å². The zero-order valence-electron chi connectivity index (χ0n) is 61.1. The van der Waals surface area contributed by atoms with Crippen LogP contribution in [0.25, 0.3) is 184 Å². The number of para-hydroxylation sites is 3. The van der Waals surface area contributed by atoms with E-state index in [9.17, 15) is 0 Å². The molecule has 0 spiro atoms. The first kappa shape index (κ1) is 70.7. The Morgan fingerprint density at radius 1 is 0.167 bits per heavy atom. The van der Waals surface area contributed by atoms with E-state index >= 15 is 0 Å². The maximum atomic E-state index is 4.98. The van der Waals surface area contributed by atoms with Gasteiger partial charge in [-0.1, -0.05) is 315 Å². The highest BCUT2D eigenvalue weighted by Gasteiger charge is 2.21. The van der Waals surface area contributed by atoms with Gasteiger partial charge in [0.05, 0.1) is 55.9 Å². The Kier molecular flexibility index (Phi) is 19.4. The molecule has 0 aliphatic heterocycles. The SMILES string of the molecule is Brc1cccc2c1c1ccccc1n2-c1ccc(-c2cc(-c3ccccc3)nc(-c3ccccc3)n2)cc1.Brc1cccc2c1c1ccccc1n2-c1ccc(-c2nc(-c3ccccc3)cc(-c3ccccc3)n2)cc1.Brc1cccc2c1c1ccccc1n2-c1ccc(-c2nc(-c3ccccc3)nc(-c3ccccc3)n2)cc1. The van der Waals surface area contributed by atoms with E-state index in [1.165, 1.54) is 59.9 Å². The predicted molar refractivity (Wildman–Crippen MR) is 479 cm³/mol. The number of rotatable bonds is 12. The third kappa shape index (κ3) is 13.8. The summed E-state index contributed by atoms with van der Waals surface area (Å²) in [6.07, 6.45) is 0. The number of halogens is 3. The number of hydrogen-bond donors (Lipinski definition) is 0. The van der Waals surface area contributed by atoms with Crippen LogP contribution < -0.4 is 0 Å². The summed E-state index contributed by atoms with van der Waals surface area (Å²) < 4.78 is 10.2. The fraction of sp³-hybridized carbons (Fsp3) is 0. The van der Waals surface area contributed by atoms with E-state index < -0.39 is 0 Å². The van der Waals surface area contributed by atoms with Crippen molar-refractivity contribution in [2.24, 2.45) is 0 Å². The largest absolute Gasteiger partial charge is 0.309 e. The molecule has 21 rings (SSSR count). The Bertz CT molecular complexity index is 6230. The van der Waals surface area contributed by atoms with Crippen LogP contribution in [0.4, 0.5) is 0 Å². The van der Waals surface area contributed by atoms with Crippen molar-refractivity contribution < 1.29 is 0 Å². The molecule has 0 saturated heterocycles. The van der Waals surface area contributed by atoms with Crippen molar-refractivity contribution in [2.45, 2.75) is 0 Å². The number of benzene rings is 15. The van der Waals surface area contributed by atoms with Gasteiger partial charge in [0.1, 0.15) is 0 Å². The quantitative estimate of drug-likeness (QED) is 0.120. The zero-order chi connectivity index (χ0) is 76.4. The molecule has 10 nitrogen and oxygen atoms in total. The van der Waals surface area contributed by atoms with Gasteiger partial charge < -0.3 is 13.7 Å². The van der Waals surface area contributed by atoms with Crippen LogP contribution in [0.5, 0.6) is 0 Å². The molecule has 0 saturated carbocycles. The Morgan fingerprint density at radius 2 is 0.368 bits per heavy atom. The highest BCUT2D eigenvalue weighted by atomic mass is 79.9. The molecule has 0 aliphatic carbocycles. The molecule has 0 amide bonds. The summed E-state index contributed by atoms with van der Waals surface area (Å²) in [5, 5.41) is 7.34. The molecule has 0 fully saturated rings. The lowest BCUT2D eigenvalue weighted by Gasteiger charge is -2.11. The Balaban J connectivity index is 0.000000115. The number of fused-ring (bicyclic) bond motifs is 9. The molecule has 0 aliphatic rings. The average Bonchev–Trinajstić information content (AvgIpc) is 1.60. The molecule has 0 atom stereocenters. The molecule has 0 unspecified atom stereocenters. The summed E-state index contributed by atoms with van der Waals surface area (Å²) >= 11 is 11.3. The van der Waals surface area contributed by atoms with Gasteiger partial charge in [0.25, 0.3) is 0 Å². The minimum atomic E-state index is 0.647. The van der Waals surface area contributed by atoms with E-state index in [0.717, 1.165) is 115 Å². The summed E-state index contributed by atoms with van der Waals surface area (Å²) in [6, 6.07) is 136. The second-order valence-corrected chi connectivity index (χ2v) is 30.1. The summed E-state index contributed by atoms with van der Waals surface area (Å²) in [5.74, 6) is 3.39. The van der Waals surface area contributed by atoms with Crippen LogP contribution in [0.3, 0.4) is 0 Å². The van der Waals surface area contributed by atoms with Crippen molar-refractivity contribution in [3.63, 3.8) is 0 Å². The van der Waals surface area contributed by atoms with Crippen molar-refractivity contribution >= 4 is 113 Å². The fourth-order valence-electron chi connectivity index (χ4n) is 15.2. The van der Waals surface area contributed by atoms with Gasteiger partial charge in [-0.05, 0) is 127 Å². The molecule has 540 valence electrons. The van der Waals surface area contributed by atoms with Crippen molar-refractivity contribution in [2.75, 3.05) is 0 Å². The highest BCUT2D eigenvalue weighted by Crippen LogP contribution is 2.42. The van der Waals surface area contributed by atoms with Crippen molar-refractivity contribution in [1.82, 2.24) is 48.6 Å². The van der Waals surface area contributed by atoms with Crippen LogP contribution in [0, 0.1) is 0 Å². The summed E-state index contributed by atoms with van der Waals surface area (Å²) in [7, 11) is 0. The van der Waals surface area contributed by atoms with Crippen molar-refractivity contribution in [3.05, 3.63) is 408 Å². The van der Waals surface area contributed by atoms with Gasteiger partial charge in [0.2, 0.25) is 0 Å². The van der Waals surface area contributed by atoms with Crippen LogP contribution >= 0.6 is 47.8 Å². The van der Waals surface area contributed by atoms with E-state index in [4.69, 9.17) is 34.9 Å². The minimum absolute atomic E-state index is 0.647. The molecular formula is C101H65Br3N10. The highest BCUT2D eigenvalue weighted by molar-refractivity contribution is 9.11. The second-order valence-electron chi connectivity index (χ2n) is 27.5. The standard InChI is InChI=1S/2C34H22BrN3.C33H21BrN4/c35-28-15-9-17-32-33(28)27-14-7-8-16-31(27)38(32)26-20-18-24(19-21-26)30-22-29(23-10-3-1-4-11-23)36-34(37-30)25-12-5-2-6-13-25;35-28-15-9-17-32-33(28)27-14-7-8-16-31(27)38(32)26-20-18-25(19-21-26)34-36-29(23-10-3-1-4-11-23)22-30(37-34)24-12-5-2-6-13-24;34-27-15-9-17-29-30(27)26-14-7-8-16-28(26)38(29)25-20-18-24(19-21-25)33-36-31(22-10-3-1-4-11-22)35-32(37-33)23-12-5-2-6-13-23/h2*1-22H;1-21H. The normalized spacial score (nSPS) is 11.3. The number of nitrogens with zero attached hydrogens (tertiary/aromatic N) is 10. The molecule has 13 heteroatoms. The first-order valence-electron chi connectivity index (χ1n) is 37.5. The van der Waals surface area contributed by atoms with Gasteiger partial charge in [-0.3, -0.25) is 0 Å². The third-order valence-corrected chi connectivity index (χ3v) is 22.5. The number of hydrogen-bond acceptors (Lipinski definition) is 7. The summed E-state index contributed by atoms with van der Waals surface area (Å²) in [4.78, 5) is 34.4. The lowest BCUT2D eigenvalue weighted by molar-refractivity contribution is 1.07. The smallest absolute Gasteiger partial charge is 0.164 e. The maximum Gasteiger partial charge on any atom is 0.164 e. The van der Waals surface area contributed by atoms with Gasteiger partial charge >= 0.3 is 0 Å². The van der Waals surface area contributed by atoms with Gasteiger partial charge in [0, 0.05) is 113 Å². The van der Waals surface area contributed by atoms with Gasteiger partial charge in [-0.15, -0.1) is 0 Å². The summed E-state index contributed by atoms with van der Waals surface area (Å²) in [5.41, 5.74) is 23.0. The van der Waals surface area contributed by atoms with E-state index in [2.05, 4.69) is 322 Å². The lowest BCUT2D eigenvalue weighted by Crippen LogP contribution is -2.00. The van der Waals surface area contributed by atoms with Crippen LogP contribution in [-0.4, -0.2) is 48.6 Å². The molecule has 21 aromatic rings. The zero-order valence-corrected chi connectivity index (χ0v) is 65.9. The van der Waals surface area contributed by atoms with Crippen LogP contribution in [0.1, 0.15) is 0 Å². The monoisotopic (exact) mass is 1650 g/mol. The lowest BCUT2D eigenvalue weighted by atomic mass is 10.1. The van der Waals surface area contributed by atoms with E-state index in [0.29, 0.717) is 23.3 Å². The first-order chi connectivity index (χ1) is 56.3. The van der Waals surface area contributed by atoms with Crippen molar-refractivity contribution in [1.29, 1.82) is 0 Å². The van der Waals surface area contributed by atoms with Crippen molar-refractivity contribution in [3.8, 4) is 119 Å². The number of aromatic nitrogens is 10. The Hall–Kier alpha value is -13.7. The van der Waals surface area contributed by atoms with Crippen LogP contribution in [0.2, 0.25) is 0 Å². The first-order valence-corrected chi connectivity index (χ1v) is 39.9. The average molecular weight is 1660 g/mol. The Morgan fingerprint density at radius 3 is 0.640 bits per heavy atom. The molecule has 6 aromatic heterocycles. The van der Waals surface area contributed by atoms with Gasteiger partial charge in [0.15, 0.2) is 29.1 Å².